The van der Waals surface area contributed by atoms with Gasteiger partial charge in [0.1, 0.15) is 0 Å². The number of hydrogen-bond acceptors (Lipinski definition) is 3. The van der Waals surface area contributed by atoms with Gasteiger partial charge in [-0.1, -0.05) is 20.8 Å². The molecule has 4 heteroatoms. The highest BCUT2D eigenvalue weighted by Gasteiger charge is 2.43. The van der Waals surface area contributed by atoms with Crippen LogP contribution in [-0.4, -0.2) is 48.8 Å². The predicted molar refractivity (Wildman–Crippen MR) is 83.4 cm³/mol. The number of hydrogen-bond donors (Lipinski definition) is 1. The third-order valence-electron chi connectivity index (χ3n) is 5.63. The van der Waals surface area contributed by atoms with E-state index >= 15 is 0 Å². The van der Waals surface area contributed by atoms with Crippen LogP contribution in [0.3, 0.4) is 0 Å². The Labute approximate surface area is 128 Å². The standard InChI is InChI=1S/C17H31NO3/c1-16(2,3)14-4-6-17(7-5-14,15(19)20)8-9-18-10-12-21-13-11-18/h14H,4-13H2,1-3H3,(H,19,20). The van der Waals surface area contributed by atoms with Gasteiger partial charge >= 0.3 is 5.97 Å². The Balaban J connectivity index is 1.91. The van der Waals surface area contributed by atoms with Gasteiger partial charge in [-0.15, -0.1) is 0 Å². The molecule has 0 aromatic rings. The van der Waals surface area contributed by atoms with Gasteiger partial charge in [-0.05, 0) is 50.0 Å². The van der Waals surface area contributed by atoms with E-state index in [0.717, 1.165) is 65.0 Å². The van der Waals surface area contributed by atoms with E-state index in [1.807, 2.05) is 0 Å². The van der Waals surface area contributed by atoms with Crippen molar-refractivity contribution in [2.45, 2.75) is 52.9 Å². The minimum absolute atomic E-state index is 0.300. The van der Waals surface area contributed by atoms with Crippen molar-refractivity contribution < 1.29 is 14.6 Å². The van der Waals surface area contributed by atoms with Crippen LogP contribution in [0.15, 0.2) is 0 Å². The lowest BCUT2D eigenvalue weighted by Gasteiger charge is -2.42. The number of aliphatic carboxylic acids is 1. The zero-order valence-electron chi connectivity index (χ0n) is 13.9. The fourth-order valence-corrected chi connectivity index (χ4v) is 3.80. The molecule has 0 spiro atoms. The van der Waals surface area contributed by atoms with Crippen molar-refractivity contribution >= 4 is 5.97 Å². The van der Waals surface area contributed by atoms with Gasteiger partial charge in [-0.25, -0.2) is 0 Å². The van der Waals surface area contributed by atoms with E-state index in [9.17, 15) is 9.90 Å². The Hall–Kier alpha value is -0.610. The molecule has 122 valence electrons. The van der Waals surface area contributed by atoms with Crippen LogP contribution in [0, 0.1) is 16.7 Å². The maximum Gasteiger partial charge on any atom is 0.309 e. The fourth-order valence-electron chi connectivity index (χ4n) is 3.80. The summed E-state index contributed by atoms with van der Waals surface area (Å²) >= 11 is 0. The summed E-state index contributed by atoms with van der Waals surface area (Å²) in [4.78, 5) is 14.2. The zero-order valence-corrected chi connectivity index (χ0v) is 13.9. The summed E-state index contributed by atoms with van der Waals surface area (Å²) in [6.07, 6.45) is 4.58. The van der Waals surface area contributed by atoms with Crippen molar-refractivity contribution in [1.29, 1.82) is 0 Å². The summed E-state index contributed by atoms with van der Waals surface area (Å²) in [5, 5.41) is 9.76. The van der Waals surface area contributed by atoms with Gasteiger partial charge in [-0.2, -0.15) is 0 Å². The monoisotopic (exact) mass is 297 g/mol. The van der Waals surface area contributed by atoms with Crippen molar-refractivity contribution in [1.82, 2.24) is 4.90 Å². The van der Waals surface area contributed by atoms with Crippen LogP contribution < -0.4 is 0 Å². The van der Waals surface area contributed by atoms with Gasteiger partial charge in [0.2, 0.25) is 0 Å². The van der Waals surface area contributed by atoms with Gasteiger partial charge < -0.3 is 9.84 Å². The smallest absolute Gasteiger partial charge is 0.309 e. The van der Waals surface area contributed by atoms with Crippen molar-refractivity contribution in [3.8, 4) is 0 Å². The predicted octanol–water partition coefficient (Wildman–Crippen LogP) is 3.02. The molecule has 0 atom stereocenters. The molecule has 0 radical (unpaired) electrons. The number of ether oxygens (including phenoxy) is 1. The summed E-state index contributed by atoms with van der Waals surface area (Å²) in [7, 11) is 0. The van der Waals surface area contributed by atoms with E-state index in [4.69, 9.17) is 4.74 Å². The molecule has 1 N–H and O–H groups in total. The highest BCUT2D eigenvalue weighted by molar-refractivity contribution is 5.74. The van der Waals surface area contributed by atoms with E-state index < -0.39 is 11.4 Å². The first-order valence-electron chi connectivity index (χ1n) is 8.37. The summed E-state index contributed by atoms with van der Waals surface area (Å²) in [5.74, 6) is 0.0801. The number of rotatable bonds is 4. The van der Waals surface area contributed by atoms with E-state index in [-0.39, 0.29) is 0 Å². The molecule has 4 nitrogen and oxygen atoms in total. The Morgan fingerprint density at radius 1 is 1.24 bits per heavy atom. The Bertz CT molecular complexity index is 348. The van der Waals surface area contributed by atoms with Crippen LogP contribution >= 0.6 is 0 Å². The third kappa shape index (κ3) is 4.19. The molecule has 2 fully saturated rings. The highest BCUT2D eigenvalue weighted by Crippen LogP contribution is 2.47. The lowest BCUT2D eigenvalue weighted by molar-refractivity contribution is -0.153. The molecule has 0 unspecified atom stereocenters. The molecule has 1 heterocycles. The molecular formula is C17H31NO3. The second kappa shape index (κ2) is 6.66. The number of morpholine rings is 1. The van der Waals surface area contributed by atoms with Crippen molar-refractivity contribution in [2.75, 3.05) is 32.8 Å². The minimum atomic E-state index is -0.580. The van der Waals surface area contributed by atoms with Crippen LogP contribution in [0.2, 0.25) is 0 Å². The van der Waals surface area contributed by atoms with E-state index in [2.05, 4.69) is 25.7 Å². The molecule has 1 saturated heterocycles. The number of nitrogens with zero attached hydrogens (tertiary/aromatic N) is 1. The Kier molecular flexibility index (Phi) is 5.31. The van der Waals surface area contributed by atoms with Crippen LogP contribution in [0.1, 0.15) is 52.9 Å². The molecule has 1 saturated carbocycles. The summed E-state index contributed by atoms with van der Waals surface area (Å²) in [6.45, 7) is 11.2. The quantitative estimate of drug-likeness (QED) is 0.866. The molecule has 0 aromatic carbocycles. The van der Waals surface area contributed by atoms with Crippen molar-refractivity contribution in [3.05, 3.63) is 0 Å². The molecule has 1 aliphatic heterocycles. The Morgan fingerprint density at radius 3 is 2.29 bits per heavy atom. The molecule has 1 aliphatic carbocycles. The van der Waals surface area contributed by atoms with Crippen molar-refractivity contribution in [3.63, 3.8) is 0 Å². The topological polar surface area (TPSA) is 49.8 Å². The van der Waals surface area contributed by atoms with E-state index in [1.54, 1.807) is 0 Å². The molecule has 0 aromatic heterocycles. The zero-order chi connectivity index (χ0) is 15.5. The fraction of sp³-hybridized carbons (Fsp3) is 0.941. The first-order valence-corrected chi connectivity index (χ1v) is 8.37. The normalized spacial score (nSPS) is 32.0. The average molecular weight is 297 g/mol. The maximum atomic E-state index is 11.9. The van der Waals surface area contributed by atoms with Gasteiger partial charge in [0.05, 0.1) is 18.6 Å². The van der Waals surface area contributed by atoms with Crippen LogP contribution in [0.4, 0.5) is 0 Å². The average Bonchev–Trinajstić information content (AvgIpc) is 2.45. The second-order valence-corrected chi connectivity index (χ2v) is 7.93. The first-order chi connectivity index (χ1) is 9.83. The third-order valence-corrected chi connectivity index (χ3v) is 5.63. The largest absolute Gasteiger partial charge is 0.481 e. The molecule has 0 amide bonds. The second-order valence-electron chi connectivity index (χ2n) is 7.93. The minimum Gasteiger partial charge on any atom is -0.481 e. The number of carboxylic acids is 1. The number of carboxylic acid groups (broad SMARTS) is 1. The first kappa shape index (κ1) is 16.8. The van der Waals surface area contributed by atoms with Crippen LogP contribution in [0.5, 0.6) is 0 Å². The summed E-state index contributed by atoms with van der Waals surface area (Å²) < 4.78 is 5.36. The van der Waals surface area contributed by atoms with Crippen LogP contribution in [0.25, 0.3) is 0 Å². The highest BCUT2D eigenvalue weighted by atomic mass is 16.5. The lowest BCUT2D eigenvalue weighted by Crippen LogP contribution is -2.43. The molecule has 21 heavy (non-hydrogen) atoms. The lowest BCUT2D eigenvalue weighted by atomic mass is 9.63. The molecular weight excluding hydrogens is 266 g/mol. The Morgan fingerprint density at radius 2 is 1.81 bits per heavy atom. The number of carbonyl (C=O) groups is 1. The van der Waals surface area contributed by atoms with E-state index in [0.29, 0.717) is 11.3 Å². The van der Waals surface area contributed by atoms with Crippen LogP contribution in [-0.2, 0) is 9.53 Å². The van der Waals surface area contributed by atoms with Crippen molar-refractivity contribution in [2.24, 2.45) is 16.7 Å². The molecule has 0 bridgehead atoms. The summed E-state index contributed by atoms with van der Waals surface area (Å²) in [6, 6.07) is 0. The van der Waals surface area contributed by atoms with Gasteiger partial charge in [-0.3, -0.25) is 9.69 Å². The van der Waals surface area contributed by atoms with E-state index in [1.165, 1.54) is 0 Å². The van der Waals surface area contributed by atoms with Gasteiger partial charge in [0.25, 0.3) is 0 Å². The molecule has 2 rings (SSSR count). The van der Waals surface area contributed by atoms with Gasteiger partial charge in [0.15, 0.2) is 0 Å². The van der Waals surface area contributed by atoms with Gasteiger partial charge in [0, 0.05) is 13.1 Å². The summed E-state index contributed by atoms with van der Waals surface area (Å²) in [5.41, 5.74) is -0.186. The SMILES string of the molecule is CC(C)(C)C1CCC(CCN2CCOCC2)(C(=O)O)CC1. The molecule has 2 aliphatic rings. The maximum absolute atomic E-state index is 11.9.